The van der Waals surface area contributed by atoms with Crippen LogP contribution in [0.25, 0.3) is 0 Å². The average molecular weight is 300 g/mol. The smallest absolute Gasteiger partial charge is 0.246 e. The fraction of sp³-hybridized carbons (Fsp3) is 0.462. The molecular formula is C13H18BrNO2. The topological polar surface area (TPSA) is 38.3 Å². The Labute approximate surface area is 111 Å². The van der Waals surface area contributed by atoms with E-state index in [9.17, 15) is 4.79 Å². The van der Waals surface area contributed by atoms with E-state index in [0.29, 0.717) is 0 Å². The first-order chi connectivity index (χ1) is 7.99. The average Bonchev–Trinajstić information content (AvgIpc) is 2.26. The minimum Gasteiger partial charge on any atom is -0.369 e. The zero-order valence-corrected chi connectivity index (χ0v) is 12.0. The van der Waals surface area contributed by atoms with Gasteiger partial charge in [-0.1, -0.05) is 28.1 Å². The van der Waals surface area contributed by atoms with E-state index in [1.807, 2.05) is 45.0 Å². The summed E-state index contributed by atoms with van der Waals surface area (Å²) in [6.45, 7) is 5.88. The zero-order valence-electron chi connectivity index (χ0n) is 10.4. The molecular weight excluding hydrogens is 282 g/mol. The summed E-state index contributed by atoms with van der Waals surface area (Å²) in [4.78, 5) is 11.6. The molecule has 0 saturated carbocycles. The van der Waals surface area contributed by atoms with E-state index in [1.54, 1.807) is 0 Å². The SMILES string of the molecule is CC(C)OCC(=O)N[C@H](C)c1cccc(Br)c1. The minimum atomic E-state index is -0.0915. The van der Waals surface area contributed by atoms with Gasteiger partial charge < -0.3 is 10.1 Å². The van der Waals surface area contributed by atoms with Crippen molar-refractivity contribution in [2.24, 2.45) is 0 Å². The fourth-order valence-corrected chi connectivity index (χ4v) is 1.80. The second-order valence-corrected chi connectivity index (χ2v) is 5.12. The Bertz CT molecular complexity index is 379. The summed E-state index contributed by atoms with van der Waals surface area (Å²) in [6.07, 6.45) is 0.0712. The van der Waals surface area contributed by atoms with Gasteiger partial charge in [0.05, 0.1) is 12.1 Å². The molecule has 0 unspecified atom stereocenters. The molecule has 94 valence electrons. The third-order valence-corrected chi connectivity index (χ3v) is 2.77. The molecule has 1 aromatic rings. The summed E-state index contributed by atoms with van der Waals surface area (Å²) >= 11 is 3.41. The van der Waals surface area contributed by atoms with Gasteiger partial charge in [-0.25, -0.2) is 0 Å². The molecule has 17 heavy (non-hydrogen) atoms. The molecule has 0 spiro atoms. The first-order valence-electron chi connectivity index (χ1n) is 5.65. The summed E-state index contributed by atoms with van der Waals surface area (Å²) in [6, 6.07) is 7.87. The molecule has 0 fully saturated rings. The van der Waals surface area contributed by atoms with Crippen LogP contribution >= 0.6 is 15.9 Å². The predicted molar refractivity (Wildman–Crippen MR) is 71.8 cm³/mol. The Morgan fingerprint density at radius 2 is 2.12 bits per heavy atom. The number of carbonyl (C=O) groups excluding carboxylic acids is 1. The maximum atomic E-state index is 11.6. The summed E-state index contributed by atoms with van der Waals surface area (Å²) < 4.78 is 6.25. The quantitative estimate of drug-likeness (QED) is 0.907. The maximum absolute atomic E-state index is 11.6. The second kappa shape index (κ2) is 6.77. The van der Waals surface area contributed by atoms with Crippen LogP contribution in [0.3, 0.4) is 0 Å². The normalized spacial score (nSPS) is 12.5. The van der Waals surface area contributed by atoms with Crippen molar-refractivity contribution in [3.63, 3.8) is 0 Å². The third-order valence-electron chi connectivity index (χ3n) is 2.27. The van der Waals surface area contributed by atoms with Crippen molar-refractivity contribution < 1.29 is 9.53 Å². The lowest BCUT2D eigenvalue weighted by Crippen LogP contribution is -2.31. The molecule has 4 heteroatoms. The maximum Gasteiger partial charge on any atom is 0.246 e. The van der Waals surface area contributed by atoms with Crippen molar-refractivity contribution in [1.82, 2.24) is 5.32 Å². The van der Waals surface area contributed by atoms with Gasteiger partial charge in [0.2, 0.25) is 5.91 Å². The lowest BCUT2D eigenvalue weighted by Gasteiger charge is -2.15. The van der Waals surface area contributed by atoms with Gasteiger partial charge in [0.25, 0.3) is 0 Å². The van der Waals surface area contributed by atoms with Gasteiger partial charge in [0.15, 0.2) is 0 Å². The number of rotatable bonds is 5. The molecule has 0 aromatic heterocycles. The van der Waals surface area contributed by atoms with Crippen LogP contribution in [0, 0.1) is 0 Å². The molecule has 0 aliphatic carbocycles. The van der Waals surface area contributed by atoms with Crippen LogP contribution in [0.2, 0.25) is 0 Å². The van der Waals surface area contributed by atoms with Gasteiger partial charge in [-0.3, -0.25) is 4.79 Å². The van der Waals surface area contributed by atoms with E-state index in [4.69, 9.17) is 4.74 Å². The van der Waals surface area contributed by atoms with Crippen LogP contribution in [0.15, 0.2) is 28.7 Å². The van der Waals surface area contributed by atoms with Crippen LogP contribution < -0.4 is 5.32 Å². The first-order valence-corrected chi connectivity index (χ1v) is 6.44. The van der Waals surface area contributed by atoms with Crippen molar-refractivity contribution in [3.8, 4) is 0 Å². The van der Waals surface area contributed by atoms with Gasteiger partial charge in [0.1, 0.15) is 6.61 Å². The van der Waals surface area contributed by atoms with Gasteiger partial charge in [-0.2, -0.15) is 0 Å². The molecule has 3 nitrogen and oxygen atoms in total. The molecule has 0 aliphatic heterocycles. The Morgan fingerprint density at radius 3 is 2.71 bits per heavy atom. The largest absolute Gasteiger partial charge is 0.369 e. The van der Waals surface area contributed by atoms with Gasteiger partial charge in [-0.05, 0) is 38.5 Å². The zero-order chi connectivity index (χ0) is 12.8. The van der Waals surface area contributed by atoms with Crippen molar-refractivity contribution in [2.45, 2.75) is 32.9 Å². The van der Waals surface area contributed by atoms with Crippen LogP contribution in [0.5, 0.6) is 0 Å². The van der Waals surface area contributed by atoms with E-state index in [-0.39, 0.29) is 24.7 Å². The van der Waals surface area contributed by atoms with Crippen molar-refractivity contribution in [2.75, 3.05) is 6.61 Å². The van der Waals surface area contributed by atoms with E-state index in [2.05, 4.69) is 21.2 Å². The van der Waals surface area contributed by atoms with Crippen molar-refractivity contribution >= 4 is 21.8 Å². The molecule has 0 bridgehead atoms. The van der Waals surface area contributed by atoms with E-state index >= 15 is 0 Å². The number of benzene rings is 1. The number of amides is 1. The molecule has 1 N–H and O–H groups in total. The number of ether oxygens (including phenoxy) is 1. The van der Waals surface area contributed by atoms with Crippen molar-refractivity contribution in [3.05, 3.63) is 34.3 Å². The molecule has 1 rings (SSSR count). The molecule has 0 aliphatic rings. The third kappa shape index (κ3) is 5.33. The van der Waals surface area contributed by atoms with Crippen molar-refractivity contribution in [1.29, 1.82) is 0 Å². The summed E-state index contributed by atoms with van der Waals surface area (Å²) in [7, 11) is 0. The molecule has 1 aromatic carbocycles. The molecule has 0 saturated heterocycles. The highest BCUT2D eigenvalue weighted by molar-refractivity contribution is 9.10. The van der Waals surface area contributed by atoms with E-state index in [1.165, 1.54) is 0 Å². The number of halogens is 1. The number of hydrogen-bond acceptors (Lipinski definition) is 2. The van der Waals surface area contributed by atoms with E-state index in [0.717, 1.165) is 10.0 Å². The second-order valence-electron chi connectivity index (χ2n) is 4.20. The monoisotopic (exact) mass is 299 g/mol. The Kier molecular flexibility index (Phi) is 5.65. The summed E-state index contributed by atoms with van der Waals surface area (Å²) in [5, 5.41) is 2.89. The predicted octanol–water partition coefficient (Wildman–Crippen LogP) is 3.05. The number of carbonyl (C=O) groups is 1. The highest BCUT2D eigenvalue weighted by atomic mass is 79.9. The lowest BCUT2D eigenvalue weighted by molar-refractivity contribution is -0.127. The number of nitrogens with one attached hydrogen (secondary N) is 1. The minimum absolute atomic E-state index is 0.0178. The van der Waals surface area contributed by atoms with Gasteiger partial charge >= 0.3 is 0 Å². The first kappa shape index (κ1) is 14.2. The Balaban J connectivity index is 2.48. The van der Waals surface area contributed by atoms with Crippen LogP contribution in [0.4, 0.5) is 0 Å². The fourth-order valence-electron chi connectivity index (χ4n) is 1.38. The highest BCUT2D eigenvalue weighted by Crippen LogP contribution is 2.17. The van der Waals surface area contributed by atoms with Crippen LogP contribution in [-0.2, 0) is 9.53 Å². The molecule has 0 radical (unpaired) electrons. The molecule has 1 amide bonds. The van der Waals surface area contributed by atoms with Gasteiger partial charge in [0, 0.05) is 4.47 Å². The van der Waals surface area contributed by atoms with Crippen LogP contribution in [0.1, 0.15) is 32.4 Å². The van der Waals surface area contributed by atoms with Gasteiger partial charge in [-0.15, -0.1) is 0 Å². The van der Waals surface area contributed by atoms with Crippen LogP contribution in [-0.4, -0.2) is 18.6 Å². The lowest BCUT2D eigenvalue weighted by atomic mass is 10.1. The standard InChI is InChI=1S/C13H18BrNO2/c1-9(2)17-8-13(16)15-10(3)11-5-4-6-12(14)7-11/h4-7,9-10H,8H2,1-3H3,(H,15,16)/t10-/m1/s1. The Morgan fingerprint density at radius 1 is 1.41 bits per heavy atom. The molecule has 0 heterocycles. The summed E-state index contributed by atoms with van der Waals surface area (Å²) in [5.74, 6) is -0.0915. The highest BCUT2D eigenvalue weighted by Gasteiger charge is 2.10. The Hall–Kier alpha value is -0.870. The van der Waals surface area contributed by atoms with E-state index < -0.39 is 0 Å². The number of hydrogen-bond donors (Lipinski definition) is 1. The summed E-state index contributed by atoms with van der Waals surface area (Å²) in [5.41, 5.74) is 1.07. The molecule has 1 atom stereocenters.